The van der Waals surface area contributed by atoms with Gasteiger partial charge in [-0.2, -0.15) is 4.98 Å². The molecule has 2 aliphatic heterocycles. The van der Waals surface area contributed by atoms with Crippen LogP contribution in [-0.2, 0) is 4.74 Å². The Labute approximate surface area is 236 Å². The Bertz CT molecular complexity index is 1440. The van der Waals surface area contributed by atoms with E-state index in [2.05, 4.69) is 94.3 Å². The van der Waals surface area contributed by atoms with Gasteiger partial charge in [0, 0.05) is 43.7 Å². The fraction of sp³-hybridized carbons (Fsp3) is 0.452. The maximum absolute atomic E-state index is 5.99. The number of rotatable bonds is 6. The van der Waals surface area contributed by atoms with Gasteiger partial charge in [-0.1, -0.05) is 41.6 Å². The minimum atomic E-state index is 0.0707. The third-order valence-electron chi connectivity index (χ3n) is 8.44. The van der Waals surface area contributed by atoms with E-state index in [1.807, 2.05) is 13.8 Å². The molecule has 0 saturated carbocycles. The molecule has 2 fully saturated rings. The smallest absolute Gasteiger partial charge is 0.227 e. The number of morpholine rings is 1. The van der Waals surface area contributed by atoms with Gasteiger partial charge in [0.1, 0.15) is 11.6 Å². The molecule has 9 heteroatoms. The second-order valence-electron chi connectivity index (χ2n) is 11.1. The van der Waals surface area contributed by atoms with Crippen LogP contribution in [0.25, 0.3) is 22.0 Å². The number of benzene rings is 2. The first kappa shape index (κ1) is 26.7. The summed E-state index contributed by atoms with van der Waals surface area (Å²) >= 11 is 0. The summed E-state index contributed by atoms with van der Waals surface area (Å²) < 4.78 is 11.5. The third kappa shape index (κ3) is 5.05. The van der Waals surface area contributed by atoms with Gasteiger partial charge < -0.3 is 19.1 Å². The van der Waals surface area contributed by atoms with Gasteiger partial charge in [-0.25, -0.2) is 4.98 Å². The maximum Gasteiger partial charge on any atom is 0.227 e. The lowest BCUT2D eigenvalue weighted by Crippen LogP contribution is -2.53. The fourth-order valence-corrected chi connectivity index (χ4v) is 5.94. The van der Waals surface area contributed by atoms with E-state index < -0.39 is 0 Å². The minimum Gasteiger partial charge on any atom is -0.377 e. The van der Waals surface area contributed by atoms with Crippen LogP contribution in [0.5, 0.6) is 0 Å². The molecular weight excluding hydrogens is 502 g/mol. The van der Waals surface area contributed by atoms with Crippen molar-refractivity contribution in [2.75, 3.05) is 69.8 Å². The number of nitrogens with zero attached hydrogens (tertiary/aromatic N) is 7. The van der Waals surface area contributed by atoms with Crippen LogP contribution < -0.4 is 9.80 Å². The van der Waals surface area contributed by atoms with Crippen LogP contribution in [-0.4, -0.2) is 91.1 Å². The second kappa shape index (κ2) is 11.2. The normalized spacial score (nSPS) is 19.5. The van der Waals surface area contributed by atoms with Crippen molar-refractivity contribution in [3.05, 3.63) is 65.5 Å². The molecule has 2 aromatic heterocycles. The Morgan fingerprint density at radius 2 is 1.73 bits per heavy atom. The molecule has 4 aromatic rings. The zero-order valence-corrected chi connectivity index (χ0v) is 24.2. The Morgan fingerprint density at radius 3 is 2.42 bits per heavy atom. The molecular formula is C31H39N7O2. The molecule has 2 aliphatic rings. The van der Waals surface area contributed by atoms with Crippen molar-refractivity contribution in [1.29, 1.82) is 0 Å². The summed E-state index contributed by atoms with van der Waals surface area (Å²) in [6.07, 6.45) is 0.401. The Balaban J connectivity index is 1.44. The lowest BCUT2D eigenvalue weighted by atomic mass is 10.0. The topological polar surface area (TPSA) is 74.0 Å². The molecule has 6 rings (SSSR count). The maximum atomic E-state index is 5.99. The van der Waals surface area contributed by atoms with Crippen LogP contribution in [0.4, 0.5) is 11.8 Å². The van der Waals surface area contributed by atoms with Gasteiger partial charge in [-0.3, -0.25) is 9.80 Å². The number of aryl methyl sites for hydroxylation is 2. The summed E-state index contributed by atoms with van der Waals surface area (Å²) in [5.41, 5.74) is 5.15. The molecule has 2 atom stereocenters. The van der Waals surface area contributed by atoms with Crippen LogP contribution in [0, 0.1) is 13.8 Å². The Kier molecular flexibility index (Phi) is 7.44. The number of hydrogen-bond donors (Lipinski definition) is 0. The standard InChI is InChI=1S/C31H39N7O2/c1-21-29(22(2)40-34-21)25-11-12-27-26(19-25)30(38-17-18-39-20-28(38)24-9-7-6-8-10-24)33-31(32-27)37-15-13-36(14-16-37)23(3)35(4)5/h6-12,19,23,28H,13-18,20H2,1-5H3. The zero-order chi connectivity index (χ0) is 27.8. The van der Waals surface area contributed by atoms with E-state index in [1.165, 1.54) is 5.56 Å². The third-order valence-corrected chi connectivity index (χ3v) is 8.44. The van der Waals surface area contributed by atoms with Crippen molar-refractivity contribution in [2.45, 2.75) is 33.0 Å². The molecule has 40 heavy (non-hydrogen) atoms. The summed E-state index contributed by atoms with van der Waals surface area (Å²) in [6, 6.07) is 17.1. The van der Waals surface area contributed by atoms with Gasteiger partial charge in [0.05, 0.1) is 36.6 Å². The SMILES string of the molecule is Cc1noc(C)c1-c1ccc2nc(N3CCN(C(C)N(C)C)CC3)nc(N3CCOCC3c3ccccc3)c2c1. The van der Waals surface area contributed by atoms with Crippen molar-refractivity contribution < 1.29 is 9.26 Å². The van der Waals surface area contributed by atoms with Gasteiger partial charge in [-0.05, 0) is 58.1 Å². The molecule has 0 radical (unpaired) electrons. The lowest BCUT2D eigenvalue weighted by molar-refractivity contribution is 0.0876. The van der Waals surface area contributed by atoms with E-state index in [0.717, 1.165) is 78.0 Å². The van der Waals surface area contributed by atoms with Crippen molar-refractivity contribution in [3.63, 3.8) is 0 Å². The molecule has 4 heterocycles. The molecule has 0 N–H and O–H groups in total. The van der Waals surface area contributed by atoms with Crippen molar-refractivity contribution in [2.24, 2.45) is 0 Å². The first-order valence-corrected chi connectivity index (χ1v) is 14.2. The Hall–Kier alpha value is -3.53. The molecule has 210 valence electrons. The fourth-order valence-electron chi connectivity index (χ4n) is 5.94. The van der Waals surface area contributed by atoms with Crippen molar-refractivity contribution in [3.8, 4) is 11.1 Å². The number of aromatic nitrogens is 3. The summed E-state index contributed by atoms with van der Waals surface area (Å²) in [4.78, 5) is 20.0. The van der Waals surface area contributed by atoms with Gasteiger partial charge in [0.2, 0.25) is 5.95 Å². The van der Waals surface area contributed by atoms with Gasteiger partial charge in [0.15, 0.2) is 0 Å². The molecule has 2 unspecified atom stereocenters. The van der Waals surface area contributed by atoms with Crippen LogP contribution in [0.1, 0.15) is 30.0 Å². The van der Waals surface area contributed by atoms with Gasteiger partial charge >= 0.3 is 0 Å². The highest BCUT2D eigenvalue weighted by Gasteiger charge is 2.30. The average molecular weight is 542 g/mol. The average Bonchev–Trinajstić information content (AvgIpc) is 3.33. The molecule has 2 saturated heterocycles. The minimum absolute atomic E-state index is 0.0707. The van der Waals surface area contributed by atoms with E-state index in [4.69, 9.17) is 19.2 Å². The number of hydrogen-bond acceptors (Lipinski definition) is 9. The van der Waals surface area contributed by atoms with Crippen molar-refractivity contribution >= 4 is 22.7 Å². The molecule has 0 spiro atoms. The highest BCUT2D eigenvalue weighted by Crippen LogP contribution is 2.37. The first-order valence-electron chi connectivity index (χ1n) is 14.2. The predicted molar refractivity (Wildman–Crippen MR) is 159 cm³/mol. The zero-order valence-electron chi connectivity index (χ0n) is 24.2. The van der Waals surface area contributed by atoms with Crippen LogP contribution in [0.15, 0.2) is 53.1 Å². The quantitative estimate of drug-likeness (QED) is 0.351. The largest absolute Gasteiger partial charge is 0.377 e. The van der Waals surface area contributed by atoms with Crippen LogP contribution in [0.2, 0.25) is 0 Å². The summed E-state index contributed by atoms with van der Waals surface area (Å²) in [5.74, 6) is 2.56. The molecule has 2 aromatic carbocycles. The second-order valence-corrected chi connectivity index (χ2v) is 11.1. The van der Waals surface area contributed by atoms with E-state index >= 15 is 0 Å². The van der Waals surface area contributed by atoms with E-state index in [0.29, 0.717) is 19.4 Å². The molecule has 0 amide bonds. The van der Waals surface area contributed by atoms with Gasteiger partial charge in [-0.15, -0.1) is 0 Å². The highest BCUT2D eigenvalue weighted by atomic mass is 16.5. The summed E-state index contributed by atoms with van der Waals surface area (Å²) in [5, 5.41) is 5.23. The number of ether oxygens (including phenoxy) is 1. The number of piperazine rings is 1. The molecule has 0 bridgehead atoms. The summed E-state index contributed by atoms with van der Waals surface area (Å²) in [6.45, 7) is 12.0. The monoisotopic (exact) mass is 541 g/mol. The van der Waals surface area contributed by atoms with Crippen LogP contribution in [0.3, 0.4) is 0 Å². The van der Waals surface area contributed by atoms with Gasteiger partial charge in [0.25, 0.3) is 0 Å². The molecule has 9 nitrogen and oxygen atoms in total. The van der Waals surface area contributed by atoms with E-state index in [9.17, 15) is 0 Å². The molecule has 0 aliphatic carbocycles. The summed E-state index contributed by atoms with van der Waals surface area (Å²) in [7, 11) is 4.27. The highest BCUT2D eigenvalue weighted by molar-refractivity contribution is 5.94. The van der Waals surface area contributed by atoms with E-state index in [-0.39, 0.29) is 6.04 Å². The Morgan fingerprint density at radius 1 is 0.950 bits per heavy atom. The van der Waals surface area contributed by atoms with Crippen LogP contribution >= 0.6 is 0 Å². The van der Waals surface area contributed by atoms with Crippen molar-refractivity contribution in [1.82, 2.24) is 24.9 Å². The van der Waals surface area contributed by atoms with E-state index in [1.54, 1.807) is 0 Å². The predicted octanol–water partition coefficient (Wildman–Crippen LogP) is 4.51. The number of anilines is 2. The lowest BCUT2D eigenvalue weighted by Gasteiger charge is -2.41. The first-order chi connectivity index (χ1) is 19.4. The number of fused-ring (bicyclic) bond motifs is 1.